The topological polar surface area (TPSA) is 54.1 Å². The molecule has 18 heavy (non-hydrogen) atoms. The van der Waals surface area contributed by atoms with Crippen molar-refractivity contribution >= 4 is 6.47 Å². The SMILES string of the molecule is CCC(CC)NCCC(Cc1ccc[nH]1)OC=O. The number of rotatable bonds is 10. The Morgan fingerprint density at radius 2 is 2.22 bits per heavy atom. The Morgan fingerprint density at radius 1 is 1.44 bits per heavy atom. The highest BCUT2D eigenvalue weighted by Gasteiger charge is 2.11. The largest absolute Gasteiger partial charge is 0.464 e. The number of carbonyl (C=O) groups excluding carboxylic acids is 1. The molecule has 1 rings (SSSR count). The summed E-state index contributed by atoms with van der Waals surface area (Å²) in [6.45, 7) is 5.79. The first-order valence-electron chi connectivity index (χ1n) is 6.74. The van der Waals surface area contributed by atoms with E-state index in [0.29, 0.717) is 12.5 Å². The Bertz CT molecular complexity index is 308. The predicted molar refractivity (Wildman–Crippen MR) is 72.4 cm³/mol. The maximum atomic E-state index is 10.5. The lowest BCUT2D eigenvalue weighted by Crippen LogP contribution is -2.31. The zero-order valence-electron chi connectivity index (χ0n) is 11.3. The number of hydrogen-bond donors (Lipinski definition) is 2. The summed E-state index contributed by atoms with van der Waals surface area (Å²) < 4.78 is 5.12. The fraction of sp³-hybridized carbons (Fsp3) is 0.643. The van der Waals surface area contributed by atoms with Crippen LogP contribution in [0.3, 0.4) is 0 Å². The Balaban J connectivity index is 2.31. The molecule has 0 bridgehead atoms. The number of nitrogens with one attached hydrogen (secondary N) is 2. The van der Waals surface area contributed by atoms with E-state index >= 15 is 0 Å². The highest BCUT2D eigenvalue weighted by atomic mass is 16.5. The minimum atomic E-state index is -0.0528. The molecule has 102 valence electrons. The van der Waals surface area contributed by atoms with Crippen LogP contribution in [0.4, 0.5) is 0 Å². The van der Waals surface area contributed by atoms with Gasteiger partial charge in [0.25, 0.3) is 6.47 Å². The van der Waals surface area contributed by atoms with Gasteiger partial charge in [-0.25, -0.2) is 0 Å². The summed E-state index contributed by atoms with van der Waals surface area (Å²) in [5, 5.41) is 3.48. The van der Waals surface area contributed by atoms with Crippen LogP contribution in [0.15, 0.2) is 18.3 Å². The van der Waals surface area contributed by atoms with Crippen LogP contribution >= 0.6 is 0 Å². The van der Waals surface area contributed by atoms with Gasteiger partial charge in [0.1, 0.15) is 6.10 Å². The molecule has 0 saturated carbocycles. The predicted octanol–water partition coefficient (Wildman–Crippen LogP) is 2.27. The molecule has 0 aromatic carbocycles. The van der Waals surface area contributed by atoms with Crippen molar-refractivity contribution in [3.8, 4) is 0 Å². The van der Waals surface area contributed by atoms with E-state index in [0.717, 1.165) is 37.9 Å². The number of aromatic amines is 1. The van der Waals surface area contributed by atoms with E-state index in [-0.39, 0.29) is 6.10 Å². The second-order valence-electron chi connectivity index (χ2n) is 4.51. The third kappa shape index (κ3) is 5.36. The molecule has 0 amide bonds. The van der Waals surface area contributed by atoms with Crippen molar-refractivity contribution < 1.29 is 9.53 Å². The van der Waals surface area contributed by atoms with E-state index in [1.165, 1.54) is 0 Å². The molecule has 0 fully saturated rings. The van der Waals surface area contributed by atoms with Crippen molar-refractivity contribution in [2.75, 3.05) is 6.54 Å². The molecular weight excluding hydrogens is 228 g/mol. The third-order valence-corrected chi connectivity index (χ3v) is 3.24. The lowest BCUT2D eigenvalue weighted by Gasteiger charge is -2.18. The monoisotopic (exact) mass is 252 g/mol. The van der Waals surface area contributed by atoms with E-state index in [4.69, 9.17) is 4.74 Å². The smallest absolute Gasteiger partial charge is 0.293 e. The van der Waals surface area contributed by atoms with E-state index in [1.54, 1.807) is 0 Å². The molecular formula is C14H24N2O2. The number of hydrogen-bond acceptors (Lipinski definition) is 3. The first-order valence-corrected chi connectivity index (χ1v) is 6.74. The average Bonchev–Trinajstić information content (AvgIpc) is 2.87. The van der Waals surface area contributed by atoms with Crippen LogP contribution in [0.25, 0.3) is 0 Å². The molecule has 1 atom stereocenters. The first kappa shape index (κ1) is 14.8. The summed E-state index contributed by atoms with van der Waals surface area (Å²) in [6, 6.07) is 4.53. The lowest BCUT2D eigenvalue weighted by molar-refractivity contribution is -0.133. The summed E-state index contributed by atoms with van der Waals surface area (Å²) >= 11 is 0. The minimum Gasteiger partial charge on any atom is -0.464 e. The van der Waals surface area contributed by atoms with Crippen LogP contribution in [-0.4, -0.2) is 30.1 Å². The lowest BCUT2D eigenvalue weighted by atomic mass is 10.1. The van der Waals surface area contributed by atoms with Gasteiger partial charge in [0, 0.05) is 24.4 Å². The second kappa shape index (κ2) is 8.75. The Kier molecular flexibility index (Phi) is 7.18. The van der Waals surface area contributed by atoms with Gasteiger partial charge in [0.2, 0.25) is 0 Å². The maximum absolute atomic E-state index is 10.5. The number of carbonyl (C=O) groups is 1. The molecule has 1 heterocycles. The van der Waals surface area contributed by atoms with Gasteiger partial charge in [-0.3, -0.25) is 4.79 Å². The zero-order valence-corrected chi connectivity index (χ0v) is 11.3. The summed E-state index contributed by atoms with van der Waals surface area (Å²) in [5.41, 5.74) is 1.10. The van der Waals surface area contributed by atoms with Gasteiger partial charge < -0.3 is 15.0 Å². The molecule has 0 saturated heterocycles. The van der Waals surface area contributed by atoms with Crippen LogP contribution < -0.4 is 5.32 Å². The van der Waals surface area contributed by atoms with Crippen LogP contribution in [0.5, 0.6) is 0 Å². The normalized spacial score (nSPS) is 12.6. The molecule has 0 aliphatic heterocycles. The molecule has 0 spiro atoms. The van der Waals surface area contributed by atoms with Crippen molar-refractivity contribution in [3.63, 3.8) is 0 Å². The minimum absolute atomic E-state index is 0.0528. The Labute approximate surface area is 109 Å². The third-order valence-electron chi connectivity index (χ3n) is 3.24. The highest BCUT2D eigenvalue weighted by molar-refractivity contribution is 5.37. The molecule has 1 unspecified atom stereocenters. The summed E-state index contributed by atoms with van der Waals surface area (Å²) in [4.78, 5) is 13.6. The fourth-order valence-corrected chi connectivity index (χ4v) is 2.06. The van der Waals surface area contributed by atoms with Crippen LogP contribution in [0.1, 0.15) is 38.8 Å². The van der Waals surface area contributed by atoms with E-state index in [1.807, 2.05) is 18.3 Å². The molecule has 4 nitrogen and oxygen atoms in total. The average molecular weight is 252 g/mol. The van der Waals surface area contributed by atoms with Crippen molar-refractivity contribution in [1.29, 1.82) is 0 Å². The highest BCUT2D eigenvalue weighted by Crippen LogP contribution is 2.07. The van der Waals surface area contributed by atoms with Crippen LogP contribution in [-0.2, 0) is 16.0 Å². The van der Waals surface area contributed by atoms with E-state index < -0.39 is 0 Å². The van der Waals surface area contributed by atoms with Crippen molar-refractivity contribution in [2.24, 2.45) is 0 Å². The van der Waals surface area contributed by atoms with Gasteiger partial charge in [-0.1, -0.05) is 13.8 Å². The van der Waals surface area contributed by atoms with Gasteiger partial charge in [-0.05, 0) is 37.9 Å². The van der Waals surface area contributed by atoms with Crippen molar-refractivity contribution in [2.45, 2.75) is 51.7 Å². The number of aromatic nitrogens is 1. The fourth-order valence-electron chi connectivity index (χ4n) is 2.06. The first-order chi connectivity index (χ1) is 8.80. The summed E-state index contributed by atoms with van der Waals surface area (Å²) in [5.74, 6) is 0. The standard InChI is InChI=1S/C14H24N2O2/c1-3-12(4-2)16-9-7-14(18-11-17)10-13-6-5-8-15-13/h5-6,8,11-12,14-16H,3-4,7,9-10H2,1-2H3. The summed E-state index contributed by atoms with van der Waals surface area (Å²) in [6.07, 6.45) is 5.68. The van der Waals surface area contributed by atoms with Gasteiger partial charge in [0.05, 0.1) is 0 Å². The van der Waals surface area contributed by atoms with Gasteiger partial charge >= 0.3 is 0 Å². The van der Waals surface area contributed by atoms with Crippen LogP contribution in [0.2, 0.25) is 0 Å². The second-order valence-corrected chi connectivity index (χ2v) is 4.51. The van der Waals surface area contributed by atoms with Crippen molar-refractivity contribution in [3.05, 3.63) is 24.0 Å². The van der Waals surface area contributed by atoms with Gasteiger partial charge in [0.15, 0.2) is 0 Å². The molecule has 0 radical (unpaired) electrons. The molecule has 4 heteroatoms. The van der Waals surface area contributed by atoms with Crippen molar-refractivity contribution in [1.82, 2.24) is 10.3 Å². The van der Waals surface area contributed by atoms with Crippen LogP contribution in [0, 0.1) is 0 Å². The molecule has 1 aromatic heterocycles. The zero-order chi connectivity index (χ0) is 13.2. The molecule has 0 aliphatic rings. The Morgan fingerprint density at radius 3 is 2.78 bits per heavy atom. The van der Waals surface area contributed by atoms with E-state index in [2.05, 4.69) is 24.1 Å². The number of ether oxygens (including phenoxy) is 1. The Hall–Kier alpha value is -1.29. The quantitative estimate of drug-likeness (QED) is 0.628. The van der Waals surface area contributed by atoms with Gasteiger partial charge in [-0.15, -0.1) is 0 Å². The maximum Gasteiger partial charge on any atom is 0.293 e. The number of H-pyrrole nitrogens is 1. The molecule has 1 aromatic rings. The molecule has 2 N–H and O–H groups in total. The van der Waals surface area contributed by atoms with E-state index in [9.17, 15) is 4.79 Å². The van der Waals surface area contributed by atoms with Gasteiger partial charge in [-0.2, -0.15) is 0 Å². The summed E-state index contributed by atoms with van der Waals surface area (Å²) in [7, 11) is 0. The molecule has 0 aliphatic carbocycles.